The Balaban J connectivity index is 1.90. The molecule has 1 aromatic carbocycles. The number of rotatable bonds is 3. The molecule has 0 N–H and O–H groups in total. The molecule has 0 amide bonds. The van der Waals surface area contributed by atoms with Gasteiger partial charge in [0.15, 0.2) is 0 Å². The Kier molecular flexibility index (Phi) is 3.54. The van der Waals surface area contributed by atoms with Crippen LogP contribution in [0.4, 0.5) is 4.39 Å². The van der Waals surface area contributed by atoms with Gasteiger partial charge in [-0.05, 0) is 36.8 Å². The Hall–Kier alpha value is -2.73. The smallest absolute Gasteiger partial charge is 0.263 e. The van der Waals surface area contributed by atoms with Gasteiger partial charge in [-0.2, -0.15) is 0 Å². The molecule has 3 heterocycles. The van der Waals surface area contributed by atoms with Crippen LogP contribution in [0.1, 0.15) is 11.4 Å². The lowest BCUT2D eigenvalue weighted by molar-refractivity contribution is 0.583. The van der Waals surface area contributed by atoms with Crippen molar-refractivity contribution in [2.45, 2.75) is 13.5 Å². The summed E-state index contributed by atoms with van der Waals surface area (Å²) < 4.78 is 20.4. The molecule has 0 aliphatic carbocycles. The number of nitrogens with zero attached hydrogens (tertiary/aromatic N) is 2. The lowest BCUT2D eigenvalue weighted by Gasteiger charge is -2.10. The van der Waals surface area contributed by atoms with E-state index < -0.39 is 0 Å². The van der Waals surface area contributed by atoms with Gasteiger partial charge in [-0.3, -0.25) is 9.36 Å². The zero-order chi connectivity index (χ0) is 16.7. The summed E-state index contributed by atoms with van der Waals surface area (Å²) in [6.07, 6.45) is 1.58. The van der Waals surface area contributed by atoms with Gasteiger partial charge in [-0.1, -0.05) is 12.1 Å². The molecule has 0 aliphatic rings. The van der Waals surface area contributed by atoms with Gasteiger partial charge < -0.3 is 4.42 Å². The molecule has 0 radical (unpaired) electrons. The van der Waals surface area contributed by atoms with Crippen LogP contribution in [0.5, 0.6) is 0 Å². The van der Waals surface area contributed by atoms with Gasteiger partial charge in [-0.25, -0.2) is 9.37 Å². The van der Waals surface area contributed by atoms with E-state index in [1.54, 1.807) is 36.0 Å². The number of halogens is 1. The SMILES string of the molecule is Cc1nc2scc(-c3ccco3)c2c(=O)n1Cc1cccc(F)c1. The lowest BCUT2D eigenvalue weighted by atomic mass is 10.2. The van der Waals surface area contributed by atoms with Gasteiger partial charge in [0.05, 0.1) is 18.2 Å². The molecule has 0 fully saturated rings. The van der Waals surface area contributed by atoms with Gasteiger partial charge in [0.2, 0.25) is 0 Å². The molecule has 120 valence electrons. The first-order chi connectivity index (χ1) is 11.6. The molecule has 0 bridgehead atoms. The number of furan rings is 1. The summed E-state index contributed by atoms with van der Waals surface area (Å²) in [5.41, 5.74) is 1.32. The fourth-order valence-corrected chi connectivity index (χ4v) is 3.71. The lowest BCUT2D eigenvalue weighted by Crippen LogP contribution is -2.24. The predicted molar refractivity (Wildman–Crippen MR) is 91.8 cm³/mol. The van der Waals surface area contributed by atoms with Gasteiger partial charge in [0.1, 0.15) is 22.2 Å². The zero-order valence-corrected chi connectivity index (χ0v) is 13.6. The first-order valence-electron chi connectivity index (χ1n) is 7.40. The highest BCUT2D eigenvalue weighted by atomic mass is 32.1. The van der Waals surface area contributed by atoms with E-state index in [0.717, 1.165) is 11.1 Å². The molecule has 4 nitrogen and oxygen atoms in total. The molecular formula is C18H13FN2O2S. The van der Waals surface area contributed by atoms with Crippen LogP contribution < -0.4 is 5.56 Å². The summed E-state index contributed by atoms with van der Waals surface area (Å²) in [5, 5.41) is 2.42. The van der Waals surface area contributed by atoms with Crippen LogP contribution in [0.15, 0.2) is 57.3 Å². The van der Waals surface area contributed by atoms with E-state index in [0.29, 0.717) is 21.8 Å². The van der Waals surface area contributed by atoms with Crippen molar-refractivity contribution in [3.05, 3.63) is 75.6 Å². The largest absolute Gasteiger partial charge is 0.464 e. The molecule has 0 saturated heterocycles. The average molecular weight is 340 g/mol. The van der Waals surface area contributed by atoms with Gasteiger partial charge in [-0.15, -0.1) is 11.3 Å². The van der Waals surface area contributed by atoms with Crippen LogP contribution in [0, 0.1) is 12.7 Å². The van der Waals surface area contributed by atoms with E-state index in [1.165, 1.54) is 23.5 Å². The second-order valence-electron chi connectivity index (χ2n) is 5.49. The second-order valence-corrected chi connectivity index (χ2v) is 6.35. The van der Waals surface area contributed by atoms with Crippen molar-refractivity contribution in [2.75, 3.05) is 0 Å². The van der Waals surface area contributed by atoms with E-state index in [-0.39, 0.29) is 17.9 Å². The molecular weight excluding hydrogens is 327 g/mol. The van der Waals surface area contributed by atoms with Crippen molar-refractivity contribution in [3.63, 3.8) is 0 Å². The number of benzene rings is 1. The molecule has 0 spiro atoms. The van der Waals surface area contributed by atoms with E-state index in [9.17, 15) is 9.18 Å². The minimum atomic E-state index is -0.320. The van der Waals surface area contributed by atoms with E-state index >= 15 is 0 Å². The molecule has 0 saturated carbocycles. The third-order valence-electron chi connectivity index (χ3n) is 3.90. The van der Waals surface area contributed by atoms with Gasteiger partial charge in [0, 0.05) is 10.9 Å². The molecule has 4 aromatic rings. The minimum Gasteiger partial charge on any atom is -0.464 e. The standard InChI is InChI=1S/C18H13FN2O2S/c1-11-20-17-16(14(10-24-17)15-6-3-7-23-15)18(22)21(11)9-12-4-2-5-13(19)8-12/h2-8,10H,9H2,1H3. The minimum absolute atomic E-state index is 0.144. The van der Waals surface area contributed by atoms with Crippen LogP contribution in [0.25, 0.3) is 21.5 Å². The Morgan fingerprint density at radius 1 is 1.29 bits per heavy atom. The Morgan fingerprint density at radius 2 is 2.17 bits per heavy atom. The highest BCUT2D eigenvalue weighted by Gasteiger charge is 2.17. The first kappa shape index (κ1) is 14.8. The number of thiophene rings is 1. The highest BCUT2D eigenvalue weighted by Crippen LogP contribution is 2.31. The number of hydrogen-bond acceptors (Lipinski definition) is 4. The van der Waals surface area contributed by atoms with Crippen LogP contribution in [0.3, 0.4) is 0 Å². The summed E-state index contributed by atoms with van der Waals surface area (Å²) in [4.78, 5) is 18.2. The van der Waals surface area contributed by atoms with E-state index in [1.807, 2.05) is 11.4 Å². The molecule has 3 aromatic heterocycles. The van der Waals surface area contributed by atoms with E-state index in [4.69, 9.17) is 4.42 Å². The quantitative estimate of drug-likeness (QED) is 0.561. The summed E-state index contributed by atoms with van der Waals surface area (Å²) in [7, 11) is 0. The molecule has 6 heteroatoms. The maximum absolute atomic E-state index is 13.4. The molecule has 0 unspecified atom stereocenters. The third kappa shape index (κ3) is 2.45. The topological polar surface area (TPSA) is 48.0 Å². The molecule has 24 heavy (non-hydrogen) atoms. The van der Waals surface area contributed by atoms with Gasteiger partial charge >= 0.3 is 0 Å². The van der Waals surface area contributed by atoms with Crippen molar-refractivity contribution in [1.82, 2.24) is 9.55 Å². The summed E-state index contributed by atoms with van der Waals surface area (Å²) in [6, 6.07) is 9.84. The van der Waals surface area contributed by atoms with Crippen molar-refractivity contribution in [3.8, 4) is 11.3 Å². The maximum Gasteiger partial charge on any atom is 0.263 e. The Labute approximate surface area is 140 Å². The first-order valence-corrected chi connectivity index (χ1v) is 8.28. The fraction of sp³-hybridized carbons (Fsp3) is 0.111. The Morgan fingerprint density at radius 3 is 2.92 bits per heavy atom. The molecule has 4 rings (SSSR count). The summed E-state index contributed by atoms with van der Waals surface area (Å²) in [6.45, 7) is 2.06. The van der Waals surface area contributed by atoms with Crippen LogP contribution in [-0.2, 0) is 6.54 Å². The van der Waals surface area contributed by atoms with Gasteiger partial charge in [0.25, 0.3) is 5.56 Å². The molecule has 0 aliphatic heterocycles. The van der Waals surface area contributed by atoms with Crippen LogP contribution >= 0.6 is 11.3 Å². The van der Waals surface area contributed by atoms with Crippen LogP contribution in [0.2, 0.25) is 0 Å². The number of aryl methyl sites for hydroxylation is 1. The molecule has 0 atom stereocenters. The monoisotopic (exact) mass is 340 g/mol. The van der Waals surface area contributed by atoms with E-state index in [2.05, 4.69) is 4.98 Å². The third-order valence-corrected chi connectivity index (χ3v) is 4.77. The summed E-state index contributed by atoms with van der Waals surface area (Å²) >= 11 is 1.41. The van der Waals surface area contributed by atoms with Crippen molar-refractivity contribution in [1.29, 1.82) is 0 Å². The van der Waals surface area contributed by atoms with Crippen molar-refractivity contribution >= 4 is 21.6 Å². The summed E-state index contributed by atoms with van der Waals surface area (Å²) in [5.74, 6) is 0.921. The predicted octanol–water partition coefficient (Wildman–Crippen LogP) is 4.21. The fourth-order valence-electron chi connectivity index (χ4n) is 2.74. The number of hydrogen-bond donors (Lipinski definition) is 0. The Bertz CT molecular complexity index is 1080. The highest BCUT2D eigenvalue weighted by molar-refractivity contribution is 7.17. The maximum atomic E-state index is 13.4. The van der Waals surface area contributed by atoms with Crippen LogP contribution in [-0.4, -0.2) is 9.55 Å². The second kappa shape index (κ2) is 5.72. The zero-order valence-electron chi connectivity index (χ0n) is 12.8. The van der Waals surface area contributed by atoms with Crippen molar-refractivity contribution < 1.29 is 8.81 Å². The average Bonchev–Trinajstić information content (AvgIpc) is 3.20. The normalized spacial score (nSPS) is 11.2. The number of fused-ring (bicyclic) bond motifs is 1. The van der Waals surface area contributed by atoms with Crippen molar-refractivity contribution in [2.24, 2.45) is 0 Å². The number of aromatic nitrogens is 2.